The molecule has 0 atom stereocenters. The zero-order valence-corrected chi connectivity index (χ0v) is 14.8. The van der Waals surface area contributed by atoms with Crippen molar-refractivity contribution in [1.29, 1.82) is 0 Å². The molecule has 0 saturated carbocycles. The summed E-state index contributed by atoms with van der Waals surface area (Å²) in [7, 11) is 1.57. The summed E-state index contributed by atoms with van der Waals surface area (Å²) < 4.78 is 10.2. The number of rotatable bonds is 5. The minimum Gasteiger partial charge on any atom is -0.497 e. The summed E-state index contributed by atoms with van der Waals surface area (Å²) in [6.07, 6.45) is 1.47. The highest BCUT2D eigenvalue weighted by Gasteiger charge is 2.36. The van der Waals surface area contributed by atoms with Gasteiger partial charge in [0.15, 0.2) is 0 Å². The molecule has 2 aromatic carbocycles. The molecule has 1 aliphatic heterocycles. The molecule has 8 heteroatoms. The quantitative estimate of drug-likeness (QED) is 0.686. The lowest BCUT2D eigenvalue weighted by Crippen LogP contribution is -2.37. The summed E-state index contributed by atoms with van der Waals surface area (Å²) in [6.45, 7) is -0.422. The highest BCUT2D eigenvalue weighted by Crippen LogP contribution is 2.29. The molecule has 0 bridgehead atoms. The average molecular weight is 377 g/mol. The number of ether oxygens (including phenoxy) is 1. The Morgan fingerprint density at radius 1 is 1.04 bits per heavy atom. The largest absolute Gasteiger partial charge is 0.497 e. The summed E-state index contributed by atoms with van der Waals surface area (Å²) in [5, 5.41) is 6.29. The van der Waals surface area contributed by atoms with Gasteiger partial charge in [-0.25, -0.2) is 0 Å². The molecule has 8 nitrogen and oxygen atoms in total. The maximum Gasteiger partial charge on any atom is 0.262 e. The Labute approximate surface area is 159 Å². The number of fused-ring (bicyclic) bond motifs is 1. The number of aromatic nitrogens is 1. The smallest absolute Gasteiger partial charge is 0.262 e. The molecule has 0 aliphatic carbocycles. The first-order valence-corrected chi connectivity index (χ1v) is 8.42. The Hall–Kier alpha value is -3.94. The second-order valence-corrected chi connectivity index (χ2v) is 6.09. The van der Waals surface area contributed by atoms with Crippen molar-refractivity contribution in [2.75, 3.05) is 19.0 Å². The van der Waals surface area contributed by atoms with Crippen LogP contribution >= 0.6 is 0 Å². The molecule has 0 radical (unpaired) electrons. The maximum absolute atomic E-state index is 12.4. The summed E-state index contributed by atoms with van der Waals surface area (Å²) in [5.74, 6) is -0.739. The number of hydrogen-bond acceptors (Lipinski definition) is 6. The molecular weight excluding hydrogens is 362 g/mol. The summed E-state index contributed by atoms with van der Waals surface area (Å²) >= 11 is 0. The van der Waals surface area contributed by atoms with E-state index in [1.807, 2.05) is 0 Å². The summed E-state index contributed by atoms with van der Waals surface area (Å²) in [6, 6.07) is 13.6. The lowest BCUT2D eigenvalue weighted by Gasteiger charge is -2.13. The van der Waals surface area contributed by atoms with Crippen LogP contribution in [-0.4, -0.2) is 41.4 Å². The van der Waals surface area contributed by atoms with Crippen molar-refractivity contribution < 1.29 is 23.6 Å². The van der Waals surface area contributed by atoms with E-state index in [1.165, 1.54) is 6.20 Å². The molecule has 4 rings (SSSR count). The van der Waals surface area contributed by atoms with E-state index >= 15 is 0 Å². The molecule has 0 unspecified atom stereocenters. The van der Waals surface area contributed by atoms with Crippen molar-refractivity contribution in [2.45, 2.75) is 0 Å². The fourth-order valence-electron chi connectivity index (χ4n) is 3.00. The number of carbonyl (C=O) groups is 3. The number of imide groups is 1. The Morgan fingerprint density at radius 2 is 1.68 bits per heavy atom. The Bertz CT molecular complexity index is 1040. The van der Waals surface area contributed by atoms with Gasteiger partial charge in [0.05, 0.1) is 30.0 Å². The predicted molar refractivity (Wildman–Crippen MR) is 98.9 cm³/mol. The zero-order valence-electron chi connectivity index (χ0n) is 14.8. The number of anilines is 1. The van der Waals surface area contributed by atoms with Crippen LogP contribution in [0.25, 0.3) is 11.1 Å². The van der Waals surface area contributed by atoms with Gasteiger partial charge in [0.1, 0.15) is 12.3 Å². The SMILES string of the molecule is COc1ccc(-c2cnoc2NC(=O)CN2C(=O)c3ccccc3C2=O)cc1. The van der Waals surface area contributed by atoms with Gasteiger partial charge in [0, 0.05) is 0 Å². The minimum absolute atomic E-state index is 0.131. The predicted octanol–water partition coefficient (Wildman–Crippen LogP) is 2.58. The van der Waals surface area contributed by atoms with Crippen molar-refractivity contribution in [3.8, 4) is 16.9 Å². The van der Waals surface area contributed by atoms with Gasteiger partial charge in [-0.05, 0) is 29.8 Å². The fourth-order valence-corrected chi connectivity index (χ4v) is 3.00. The molecule has 2 heterocycles. The van der Waals surface area contributed by atoms with E-state index in [4.69, 9.17) is 9.26 Å². The van der Waals surface area contributed by atoms with Gasteiger partial charge < -0.3 is 9.26 Å². The van der Waals surface area contributed by atoms with Crippen LogP contribution in [0.3, 0.4) is 0 Å². The number of benzene rings is 2. The molecule has 140 valence electrons. The third-order valence-electron chi connectivity index (χ3n) is 4.40. The van der Waals surface area contributed by atoms with E-state index in [-0.39, 0.29) is 5.88 Å². The lowest BCUT2D eigenvalue weighted by molar-refractivity contribution is -0.116. The van der Waals surface area contributed by atoms with Gasteiger partial charge in [-0.1, -0.05) is 29.4 Å². The van der Waals surface area contributed by atoms with Crippen molar-refractivity contribution in [3.05, 3.63) is 65.9 Å². The van der Waals surface area contributed by atoms with Crippen LogP contribution in [0, 0.1) is 0 Å². The minimum atomic E-state index is -0.569. The van der Waals surface area contributed by atoms with E-state index in [2.05, 4.69) is 10.5 Å². The van der Waals surface area contributed by atoms with Crippen LogP contribution in [-0.2, 0) is 4.79 Å². The highest BCUT2D eigenvalue weighted by atomic mass is 16.5. The maximum atomic E-state index is 12.4. The second kappa shape index (κ2) is 6.99. The third-order valence-corrected chi connectivity index (χ3v) is 4.40. The van der Waals surface area contributed by atoms with Crippen LogP contribution in [0.1, 0.15) is 20.7 Å². The lowest BCUT2D eigenvalue weighted by atomic mass is 10.1. The average Bonchev–Trinajstić information content (AvgIpc) is 3.27. The van der Waals surface area contributed by atoms with Gasteiger partial charge in [-0.3, -0.25) is 24.6 Å². The third kappa shape index (κ3) is 3.01. The number of nitrogens with zero attached hydrogens (tertiary/aromatic N) is 2. The van der Waals surface area contributed by atoms with Gasteiger partial charge in [-0.2, -0.15) is 0 Å². The van der Waals surface area contributed by atoms with E-state index < -0.39 is 24.3 Å². The molecule has 0 spiro atoms. The monoisotopic (exact) mass is 377 g/mol. The zero-order chi connectivity index (χ0) is 19.7. The molecule has 1 aliphatic rings. The number of amides is 3. The van der Waals surface area contributed by atoms with Crippen molar-refractivity contribution >= 4 is 23.6 Å². The Morgan fingerprint density at radius 3 is 2.29 bits per heavy atom. The Kier molecular flexibility index (Phi) is 4.36. The van der Waals surface area contributed by atoms with Crippen LogP contribution in [0.15, 0.2) is 59.3 Å². The number of carbonyl (C=O) groups excluding carboxylic acids is 3. The van der Waals surface area contributed by atoms with Gasteiger partial charge in [0.2, 0.25) is 11.8 Å². The molecule has 3 amide bonds. The fraction of sp³-hybridized carbons (Fsp3) is 0.100. The number of methoxy groups -OCH3 is 1. The summed E-state index contributed by atoms with van der Waals surface area (Å²) in [5.41, 5.74) is 1.91. The number of nitrogens with one attached hydrogen (secondary N) is 1. The molecule has 1 aromatic heterocycles. The standard InChI is InChI=1S/C20H15N3O5/c1-27-13-8-6-12(7-9-13)16-10-21-28-18(16)22-17(24)11-23-19(25)14-4-2-3-5-15(14)20(23)26/h2-10H,11H2,1H3,(H,22,24). The molecule has 28 heavy (non-hydrogen) atoms. The first-order chi connectivity index (χ1) is 13.6. The topological polar surface area (TPSA) is 102 Å². The van der Waals surface area contributed by atoms with Crippen molar-refractivity contribution in [3.63, 3.8) is 0 Å². The van der Waals surface area contributed by atoms with Gasteiger partial charge in [-0.15, -0.1) is 0 Å². The molecule has 0 saturated heterocycles. The molecule has 3 aromatic rings. The van der Waals surface area contributed by atoms with E-state index in [9.17, 15) is 14.4 Å². The normalized spacial score (nSPS) is 12.8. The van der Waals surface area contributed by atoms with Crippen LogP contribution < -0.4 is 10.1 Å². The first-order valence-electron chi connectivity index (χ1n) is 8.42. The highest BCUT2D eigenvalue weighted by molar-refractivity contribution is 6.22. The van der Waals surface area contributed by atoms with Crippen molar-refractivity contribution in [1.82, 2.24) is 10.1 Å². The first kappa shape index (κ1) is 17.5. The number of hydrogen-bond donors (Lipinski definition) is 1. The van der Waals surface area contributed by atoms with E-state index in [1.54, 1.807) is 55.6 Å². The van der Waals surface area contributed by atoms with Crippen LogP contribution in [0.4, 0.5) is 5.88 Å². The Balaban J connectivity index is 1.49. The van der Waals surface area contributed by atoms with Crippen LogP contribution in [0.5, 0.6) is 5.75 Å². The van der Waals surface area contributed by atoms with Crippen LogP contribution in [0.2, 0.25) is 0 Å². The van der Waals surface area contributed by atoms with E-state index in [0.717, 1.165) is 10.5 Å². The second-order valence-electron chi connectivity index (χ2n) is 6.09. The van der Waals surface area contributed by atoms with E-state index in [0.29, 0.717) is 22.4 Å². The van der Waals surface area contributed by atoms with Crippen molar-refractivity contribution in [2.24, 2.45) is 0 Å². The van der Waals surface area contributed by atoms with Gasteiger partial charge in [0.25, 0.3) is 11.8 Å². The molecular formula is C20H15N3O5. The molecule has 1 N–H and O–H groups in total. The molecule has 0 fully saturated rings. The van der Waals surface area contributed by atoms with Gasteiger partial charge >= 0.3 is 0 Å². The summed E-state index contributed by atoms with van der Waals surface area (Å²) in [4.78, 5) is 38.1.